The van der Waals surface area contributed by atoms with Gasteiger partial charge in [-0.3, -0.25) is 4.90 Å². The second-order valence-electron chi connectivity index (χ2n) is 6.55. The Hall–Kier alpha value is -2.29. The van der Waals surface area contributed by atoms with Gasteiger partial charge in [0, 0.05) is 38.8 Å². The van der Waals surface area contributed by atoms with Crippen LogP contribution in [0, 0.1) is 0 Å². The number of piperazine rings is 1. The lowest BCUT2D eigenvalue weighted by Crippen LogP contribution is -2.48. The highest BCUT2D eigenvalue weighted by Gasteiger charge is 2.29. The number of methoxy groups -OCH3 is 3. The van der Waals surface area contributed by atoms with Gasteiger partial charge in [-0.2, -0.15) is 4.31 Å². The maximum absolute atomic E-state index is 13.0. The SMILES string of the molecule is COc1ccc(CN2CCN(S(=O)(=O)c3ccc(OC)c(OC)c3)CC2)cc1. The molecule has 2 aromatic rings. The van der Waals surface area contributed by atoms with Crippen LogP contribution in [-0.2, 0) is 16.6 Å². The van der Waals surface area contributed by atoms with Crippen molar-refractivity contribution in [3.8, 4) is 17.2 Å². The van der Waals surface area contributed by atoms with Gasteiger partial charge in [0.2, 0.25) is 10.0 Å². The lowest BCUT2D eigenvalue weighted by molar-refractivity contribution is 0.181. The van der Waals surface area contributed by atoms with E-state index in [0.717, 1.165) is 12.3 Å². The van der Waals surface area contributed by atoms with Gasteiger partial charge in [0.1, 0.15) is 5.75 Å². The first-order valence-electron chi connectivity index (χ1n) is 9.05. The van der Waals surface area contributed by atoms with Crippen LogP contribution < -0.4 is 14.2 Å². The molecule has 0 amide bonds. The number of nitrogens with zero attached hydrogens (tertiary/aromatic N) is 2. The maximum Gasteiger partial charge on any atom is 0.243 e. The standard InChI is InChI=1S/C20H26N2O5S/c1-25-17-6-4-16(5-7-17)15-21-10-12-22(13-11-21)28(23,24)18-8-9-19(26-2)20(14-18)27-3/h4-9,14H,10-13,15H2,1-3H3. The van der Waals surface area contributed by atoms with E-state index in [0.29, 0.717) is 37.7 Å². The maximum atomic E-state index is 13.0. The van der Waals surface area contributed by atoms with Crippen molar-refractivity contribution in [1.29, 1.82) is 0 Å². The fourth-order valence-corrected chi connectivity index (χ4v) is 4.68. The molecule has 0 atom stereocenters. The van der Waals surface area contributed by atoms with E-state index in [9.17, 15) is 8.42 Å². The predicted molar refractivity (Wildman–Crippen MR) is 107 cm³/mol. The van der Waals surface area contributed by atoms with Crippen LogP contribution in [-0.4, -0.2) is 65.1 Å². The Morgan fingerprint density at radius 3 is 2.04 bits per heavy atom. The molecule has 1 saturated heterocycles. The first-order valence-corrected chi connectivity index (χ1v) is 10.5. The topological polar surface area (TPSA) is 68.3 Å². The molecule has 152 valence electrons. The molecule has 0 aliphatic carbocycles. The molecule has 1 heterocycles. The smallest absolute Gasteiger partial charge is 0.243 e. The van der Waals surface area contributed by atoms with Crippen LogP contribution in [0.2, 0.25) is 0 Å². The van der Waals surface area contributed by atoms with Crippen LogP contribution in [0.15, 0.2) is 47.4 Å². The van der Waals surface area contributed by atoms with Crippen LogP contribution in [0.4, 0.5) is 0 Å². The molecule has 3 rings (SSSR count). The van der Waals surface area contributed by atoms with Gasteiger partial charge in [-0.15, -0.1) is 0 Å². The van der Waals surface area contributed by atoms with E-state index in [4.69, 9.17) is 14.2 Å². The molecule has 0 aromatic heterocycles. The first-order chi connectivity index (χ1) is 13.5. The molecule has 0 N–H and O–H groups in total. The summed E-state index contributed by atoms with van der Waals surface area (Å²) in [5.74, 6) is 1.74. The third-order valence-electron chi connectivity index (χ3n) is 4.89. The fourth-order valence-electron chi connectivity index (χ4n) is 3.24. The summed E-state index contributed by atoms with van der Waals surface area (Å²) in [7, 11) is 1.09. The number of sulfonamides is 1. The lowest BCUT2D eigenvalue weighted by atomic mass is 10.2. The summed E-state index contributed by atoms with van der Waals surface area (Å²) in [5, 5.41) is 0. The molecule has 1 aliphatic heterocycles. The zero-order valence-corrected chi connectivity index (χ0v) is 17.2. The highest BCUT2D eigenvalue weighted by Crippen LogP contribution is 2.31. The Morgan fingerprint density at radius 1 is 0.821 bits per heavy atom. The predicted octanol–water partition coefficient (Wildman–Crippen LogP) is 2.22. The van der Waals surface area contributed by atoms with Gasteiger partial charge in [-0.25, -0.2) is 8.42 Å². The van der Waals surface area contributed by atoms with E-state index < -0.39 is 10.0 Å². The number of rotatable bonds is 7. The number of benzene rings is 2. The zero-order chi connectivity index (χ0) is 20.1. The zero-order valence-electron chi connectivity index (χ0n) is 16.4. The van der Waals surface area contributed by atoms with Crippen molar-refractivity contribution in [3.63, 3.8) is 0 Å². The van der Waals surface area contributed by atoms with Crippen LogP contribution in [0.3, 0.4) is 0 Å². The van der Waals surface area contributed by atoms with Crippen LogP contribution in [0.1, 0.15) is 5.56 Å². The Kier molecular flexibility index (Phi) is 6.43. The summed E-state index contributed by atoms with van der Waals surface area (Å²) in [4.78, 5) is 2.47. The molecule has 8 heteroatoms. The summed E-state index contributed by atoms with van der Waals surface area (Å²) in [6.07, 6.45) is 0. The van der Waals surface area contributed by atoms with E-state index in [1.165, 1.54) is 30.2 Å². The molecule has 1 aliphatic rings. The molecule has 0 spiro atoms. The molecule has 0 bridgehead atoms. The monoisotopic (exact) mass is 406 g/mol. The van der Waals surface area contributed by atoms with Gasteiger partial charge in [-0.1, -0.05) is 12.1 Å². The van der Waals surface area contributed by atoms with Gasteiger partial charge >= 0.3 is 0 Å². The minimum Gasteiger partial charge on any atom is -0.497 e. The van der Waals surface area contributed by atoms with Crippen molar-refractivity contribution >= 4 is 10.0 Å². The normalized spacial score (nSPS) is 16.0. The quantitative estimate of drug-likeness (QED) is 0.702. The third kappa shape index (κ3) is 4.40. The van der Waals surface area contributed by atoms with Crippen LogP contribution in [0.25, 0.3) is 0 Å². The molecule has 28 heavy (non-hydrogen) atoms. The van der Waals surface area contributed by atoms with Crippen molar-refractivity contribution in [1.82, 2.24) is 9.21 Å². The van der Waals surface area contributed by atoms with Gasteiger partial charge in [0.05, 0.1) is 26.2 Å². The van der Waals surface area contributed by atoms with Crippen molar-refractivity contribution in [2.24, 2.45) is 0 Å². The summed E-state index contributed by atoms with van der Waals surface area (Å²) in [5.41, 5.74) is 1.18. The van der Waals surface area contributed by atoms with Gasteiger partial charge in [0.15, 0.2) is 11.5 Å². The van der Waals surface area contributed by atoms with Crippen molar-refractivity contribution in [2.75, 3.05) is 47.5 Å². The summed E-state index contributed by atoms with van der Waals surface area (Å²) < 4.78 is 43.1. The van der Waals surface area contributed by atoms with Gasteiger partial charge < -0.3 is 14.2 Å². The minimum atomic E-state index is -3.57. The molecule has 7 nitrogen and oxygen atoms in total. The number of hydrogen-bond donors (Lipinski definition) is 0. The second-order valence-corrected chi connectivity index (χ2v) is 8.48. The summed E-state index contributed by atoms with van der Waals surface area (Å²) in [6.45, 7) is 3.05. The highest BCUT2D eigenvalue weighted by molar-refractivity contribution is 7.89. The number of hydrogen-bond acceptors (Lipinski definition) is 6. The molecule has 1 fully saturated rings. The van der Waals surface area contributed by atoms with Crippen molar-refractivity contribution in [3.05, 3.63) is 48.0 Å². The Morgan fingerprint density at radius 2 is 1.46 bits per heavy atom. The summed E-state index contributed by atoms with van der Waals surface area (Å²) in [6, 6.07) is 12.6. The first kappa shape index (κ1) is 20.4. The van der Waals surface area contributed by atoms with Crippen LogP contribution in [0.5, 0.6) is 17.2 Å². The molecule has 2 aromatic carbocycles. The average Bonchev–Trinajstić information content (AvgIpc) is 2.74. The average molecular weight is 407 g/mol. The van der Waals surface area contributed by atoms with Crippen molar-refractivity contribution < 1.29 is 22.6 Å². The fraction of sp³-hybridized carbons (Fsp3) is 0.400. The van der Waals surface area contributed by atoms with Crippen LogP contribution >= 0.6 is 0 Å². The third-order valence-corrected chi connectivity index (χ3v) is 6.78. The van der Waals surface area contributed by atoms with Gasteiger partial charge in [-0.05, 0) is 29.8 Å². The molecule has 0 saturated carbocycles. The second kappa shape index (κ2) is 8.81. The minimum absolute atomic E-state index is 0.216. The number of ether oxygens (including phenoxy) is 3. The largest absolute Gasteiger partial charge is 0.497 e. The van der Waals surface area contributed by atoms with E-state index in [-0.39, 0.29) is 4.90 Å². The Bertz CT molecular complexity index is 891. The van der Waals surface area contributed by atoms with E-state index in [1.54, 1.807) is 19.2 Å². The molecule has 0 radical (unpaired) electrons. The molecule has 0 unspecified atom stereocenters. The van der Waals surface area contributed by atoms with E-state index in [2.05, 4.69) is 4.90 Å². The van der Waals surface area contributed by atoms with Crippen molar-refractivity contribution in [2.45, 2.75) is 11.4 Å². The highest BCUT2D eigenvalue weighted by atomic mass is 32.2. The van der Waals surface area contributed by atoms with Gasteiger partial charge in [0.25, 0.3) is 0 Å². The summed E-state index contributed by atoms with van der Waals surface area (Å²) >= 11 is 0. The Labute approximate surface area is 166 Å². The van der Waals surface area contributed by atoms with E-state index in [1.807, 2.05) is 24.3 Å². The molecular weight excluding hydrogens is 380 g/mol. The van der Waals surface area contributed by atoms with E-state index >= 15 is 0 Å². The molecular formula is C20H26N2O5S. The lowest BCUT2D eigenvalue weighted by Gasteiger charge is -2.34. The Balaban J connectivity index is 1.64.